The minimum absolute atomic E-state index is 0.00459. The molecule has 4 rings (SSSR count). The lowest BCUT2D eigenvalue weighted by Crippen LogP contribution is -2.15. The van der Waals surface area contributed by atoms with Crippen molar-refractivity contribution in [3.8, 4) is 11.3 Å². The molecule has 2 aromatic carbocycles. The summed E-state index contributed by atoms with van der Waals surface area (Å²) in [4.78, 5) is 11.7. The first-order valence-electron chi connectivity index (χ1n) is 10.0. The van der Waals surface area contributed by atoms with Gasteiger partial charge >= 0.3 is 12.1 Å². The number of aromatic nitrogens is 2. The Hall–Kier alpha value is -2.87. The van der Waals surface area contributed by atoms with Crippen LogP contribution in [0.15, 0.2) is 36.4 Å². The summed E-state index contributed by atoms with van der Waals surface area (Å²) in [6.07, 6.45) is -1.58. The SMILES string of the molecule is COC(=O)c1ccc(-c2nn(Cc3c(Cl)cccc3C(F)(F)F)c3c2CCCC3)c(F)c1. The average molecular weight is 467 g/mol. The number of fused-ring (bicyclic) bond motifs is 1. The molecule has 9 heteroatoms. The molecule has 1 aromatic heterocycles. The molecule has 0 aliphatic heterocycles. The highest BCUT2D eigenvalue weighted by Gasteiger charge is 2.35. The highest BCUT2D eigenvalue weighted by molar-refractivity contribution is 6.31. The lowest BCUT2D eigenvalue weighted by atomic mass is 9.93. The molecule has 0 N–H and O–H groups in total. The van der Waals surface area contributed by atoms with Crippen LogP contribution in [-0.2, 0) is 30.3 Å². The summed E-state index contributed by atoms with van der Waals surface area (Å²) in [5, 5.41) is 4.51. The number of benzene rings is 2. The summed E-state index contributed by atoms with van der Waals surface area (Å²) < 4.78 is 61.7. The van der Waals surface area contributed by atoms with E-state index in [-0.39, 0.29) is 28.3 Å². The van der Waals surface area contributed by atoms with Crippen molar-refractivity contribution in [1.82, 2.24) is 9.78 Å². The summed E-state index contributed by atoms with van der Waals surface area (Å²) >= 11 is 6.13. The first-order chi connectivity index (χ1) is 15.2. The monoisotopic (exact) mass is 466 g/mol. The summed E-state index contributed by atoms with van der Waals surface area (Å²) in [5.41, 5.74) is 1.30. The van der Waals surface area contributed by atoms with Gasteiger partial charge in [0.05, 0.1) is 30.5 Å². The van der Waals surface area contributed by atoms with Crippen LogP contribution in [0.25, 0.3) is 11.3 Å². The summed E-state index contributed by atoms with van der Waals surface area (Å²) in [6.45, 7) is -0.182. The van der Waals surface area contributed by atoms with Crippen LogP contribution in [0.1, 0.15) is 45.6 Å². The predicted molar refractivity (Wildman–Crippen MR) is 111 cm³/mol. The summed E-state index contributed by atoms with van der Waals surface area (Å²) in [6, 6.07) is 7.62. The Morgan fingerprint density at radius 2 is 1.94 bits per heavy atom. The van der Waals surface area contributed by atoms with Gasteiger partial charge in [0.1, 0.15) is 5.82 Å². The number of carbonyl (C=O) groups excluding carboxylic acids is 1. The zero-order valence-electron chi connectivity index (χ0n) is 17.1. The van der Waals surface area contributed by atoms with Crippen molar-refractivity contribution in [3.63, 3.8) is 0 Å². The van der Waals surface area contributed by atoms with Crippen molar-refractivity contribution < 1.29 is 27.1 Å². The van der Waals surface area contributed by atoms with Crippen LogP contribution >= 0.6 is 11.6 Å². The largest absolute Gasteiger partial charge is 0.465 e. The third kappa shape index (κ3) is 4.11. The van der Waals surface area contributed by atoms with Crippen molar-refractivity contribution in [3.05, 3.63) is 75.2 Å². The molecule has 168 valence electrons. The maximum Gasteiger partial charge on any atom is 0.416 e. The summed E-state index contributed by atoms with van der Waals surface area (Å²) in [7, 11) is 1.20. The molecule has 4 nitrogen and oxygen atoms in total. The average Bonchev–Trinajstić information content (AvgIpc) is 3.12. The van der Waals surface area contributed by atoms with Crippen LogP contribution < -0.4 is 0 Å². The van der Waals surface area contributed by atoms with E-state index in [0.717, 1.165) is 36.2 Å². The lowest BCUT2D eigenvalue weighted by molar-refractivity contribution is -0.138. The van der Waals surface area contributed by atoms with E-state index in [1.54, 1.807) is 0 Å². The zero-order valence-corrected chi connectivity index (χ0v) is 17.9. The molecule has 1 heterocycles. The number of hydrogen-bond donors (Lipinski definition) is 0. The molecule has 0 radical (unpaired) electrons. The van der Waals surface area contributed by atoms with Gasteiger partial charge in [-0.2, -0.15) is 18.3 Å². The second kappa shape index (κ2) is 8.58. The van der Waals surface area contributed by atoms with Crippen molar-refractivity contribution in [2.24, 2.45) is 0 Å². The Morgan fingerprint density at radius 3 is 2.62 bits per heavy atom. The molecular formula is C23H19ClF4N2O2. The minimum atomic E-state index is -4.56. The van der Waals surface area contributed by atoms with Gasteiger partial charge in [0.2, 0.25) is 0 Å². The highest BCUT2D eigenvalue weighted by atomic mass is 35.5. The highest BCUT2D eigenvalue weighted by Crippen LogP contribution is 2.37. The number of carbonyl (C=O) groups is 1. The molecule has 3 aromatic rings. The Kier molecular flexibility index (Phi) is 5.99. The normalized spacial score (nSPS) is 13.7. The number of methoxy groups -OCH3 is 1. The first-order valence-corrected chi connectivity index (χ1v) is 10.4. The van der Waals surface area contributed by atoms with Gasteiger partial charge in [-0.3, -0.25) is 4.68 Å². The van der Waals surface area contributed by atoms with Crippen LogP contribution in [0.4, 0.5) is 17.6 Å². The minimum Gasteiger partial charge on any atom is -0.465 e. The van der Waals surface area contributed by atoms with E-state index in [1.165, 1.54) is 36.1 Å². The number of rotatable bonds is 4. The van der Waals surface area contributed by atoms with Gasteiger partial charge in [0.15, 0.2) is 0 Å². The molecule has 0 atom stereocenters. The molecule has 32 heavy (non-hydrogen) atoms. The number of nitrogens with zero attached hydrogens (tertiary/aromatic N) is 2. The van der Waals surface area contributed by atoms with Crippen molar-refractivity contribution >= 4 is 17.6 Å². The lowest BCUT2D eigenvalue weighted by Gasteiger charge is -2.17. The molecular weight excluding hydrogens is 448 g/mol. The van der Waals surface area contributed by atoms with Crippen LogP contribution in [0, 0.1) is 5.82 Å². The number of hydrogen-bond acceptors (Lipinski definition) is 3. The first kappa shape index (κ1) is 22.3. The second-order valence-corrected chi connectivity index (χ2v) is 8.00. The van der Waals surface area contributed by atoms with E-state index in [4.69, 9.17) is 11.6 Å². The van der Waals surface area contributed by atoms with Gasteiger partial charge in [0.25, 0.3) is 0 Å². The van der Waals surface area contributed by atoms with Gasteiger partial charge < -0.3 is 4.74 Å². The molecule has 0 fully saturated rings. The van der Waals surface area contributed by atoms with Crippen molar-refractivity contribution in [1.29, 1.82) is 0 Å². The maximum absolute atomic E-state index is 14.9. The third-order valence-electron chi connectivity index (χ3n) is 5.63. The standard InChI is InChI=1S/C23H19ClF4N2O2/c1-32-22(31)13-9-10-14(19(25)11-13)21-15-5-2-3-8-20(15)30(29-21)12-16-17(23(26,27)28)6-4-7-18(16)24/h4,6-7,9-11H,2-3,5,8,12H2,1H3. The molecule has 0 amide bonds. The molecule has 0 bridgehead atoms. The van der Waals surface area contributed by atoms with Gasteiger partial charge in [-0.15, -0.1) is 0 Å². The van der Waals surface area contributed by atoms with E-state index in [0.29, 0.717) is 18.5 Å². The fourth-order valence-corrected chi connectivity index (χ4v) is 4.34. The molecule has 1 aliphatic rings. The van der Waals surface area contributed by atoms with Gasteiger partial charge in [-0.05, 0) is 56.0 Å². The molecule has 0 spiro atoms. The van der Waals surface area contributed by atoms with Crippen molar-refractivity contribution in [2.75, 3.05) is 7.11 Å². The number of halogens is 5. The number of ether oxygens (including phenoxy) is 1. The maximum atomic E-state index is 14.9. The van der Waals surface area contributed by atoms with Crippen LogP contribution in [-0.4, -0.2) is 22.9 Å². The van der Waals surface area contributed by atoms with E-state index in [9.17, 15) is 22.4 Å². The fraction of sp³-hybridized carbons (Fsp3) is 0.304. The van der Waals surface area contributed by atoms with E-state index in [2.05, 4.69) is 9.84 Å². The van der Waals surface area contributed by atoms with Crippen LogP contribution in [0.2, 0.25) is 5.02 Å². The van der Waals surface area contributed by atoms with Gasteiger partial charge in [0, 0.05) is 27.4 Å². The topological polar surface area (TPSA) is 44.1 Å². The molecule has 0 unspecified atom stereocenters. The summed E-state index contributed by atoms with van der Waals surface area (Å²) in [5.74, 6) is -1.32. The predicted octanol–water partition coefficient (Wildman–Crippen LogP) is 6.08. The number of alkyl halides is 3. The second-order valence-electron chi connectivity index (χ2n) is 7.59. The Balaban J connectivity index is 1.81. The molecule has 1 aliphatic carbocycles. The van der Waals surface area contributed by atoms with Gasteiger partial charge in [-0.25, -0.2) is 9.18 Å². The quantitative estimate of drug-likeness (QED) is 0.346. The Bertz CT molecular complexity index is 1190. The Labute approximate surface area is 186 Å². The fourth-order valence-electron chi connectivity index (χ4n) is 4.10. The third-order valence-corrected chi connectivity index (χ3v) is 5.99. The zero-order chi connectivity index (χ0) is 23.0. The number of esters is 1. The Morgan fingerprint density at radius 1 is 1.19 bits per heavy atom. The molecule has 0 saturated carbocycles. The van der Waals surface area contributed by atoms with E-state index >= 15 is 0 Å². The van der Waals surface area contributed by atoms with Crippen LogP contribution in [0.3, 0.4) is 0 Å². The van der Waals surface area contributed by atoms with E-state index < -0.39 is 23.5 Å². The van der Waals surface area contributed by atoms with E-state index in [1.807, 2.05) is 0 Å². The smallest absolute Gasteiger partial charge is 0.416 e. The van der Waals surface area contributed by atoms with Crippen LogP contribution in [0.5, 0.6) is 0 Å². The van der Waals surface area contributed by atoms with Crippen molar-refractivity contribution in [2.45, 2.75) is 38.4 Å². The van der Waals surface area contributed by atoms with Gasteiger partial charge in [-0.1, -0.05) is 17.7 Å². The molecule has 0 saturated heterocycles.